The van der Waals surface area contributed by atoms with Crippen molar-refractivity contribution in [3.8, 4) is 11.8 Å². The van der Waals surface area contributed by atoms with Crippen molar-refractivity contribution in [3.05, 3.63) is 119 Å². The zero-order chi connectivity index (χ0) is 44.0. The number of halogens is 2. The van der Waals surface area contributed by atoms with Crippen LogP contribution in [-0.2, 0) is 20.7 Å². The molecular weight excluding hydrogens is 807 g/mol. The Hall–Kier alpha value is -6.98. The summed E-state index contributed by atoms with van der Waals surface area (Å²) in [5, 5.41) is 8.77. The molecule has 2 atom stereocenters. The second-order valence-corrected chi connectivity index (χ2v) is 15.6. The molecule has 4 aliphatic heterocycles. The van der Waals surface area contributed by atoms with Crippen molar-refractivity contribution in [3.63, 3.8) is 0 Å². The Balaban J connectivity index is 0.000000186. The highest BCUT2D eigenvalue weighted by Crippen LogP contribution is 2.29. The largest absolute Gasteiger partial charge is 0.474 e. The summed E-state index contributed by atoms with van der Waals surface area (Å²) in [6.07, 6.45) is 6.27. The van der Waals surface area contributed by atoms with Crippen LogP contribution in [-0.4, -0.2) is 107 Å². The Labute approximate surface area is 355 Å². The standard InChI is InChI=1S/2C22H23FN4O4/c2*1-14-2-7-18(24-12-14)31-17-8-10-27(11-9-17)19(28)15-3-5-16(6-4-15)22(13-23)20(29)25-21(30)26-22/h2*2-7,12,17H,8-11,13H2,1H3,(H2,25,26,29,30)/t2*22-/m10/s1. The number of hydrogen-bond acceptors (Lipinski definition) is 10. The summed E-state index contributed by atoms with van der Waals surface area (Å²) >= 11 is 0. The number of nitrogens with one attached hydrogen (secondary N) is 4. The van der Waals surface area contributed by atoms with Crippen molar-refractivity contribution in [2.24, 2.45) is 0 Å². The van der Waals surface area contributed by atoms with E-state index in [2.05, 4.69) is 20.6 Å². The average molecular weight is 853 g/mol. The molecule has 0 spiro atoms. The molecule has 0 radical (unpaired) electrons. The lowest BCUT2D eigenvalue weighted by atomic mass is 9.90. The molecule has 4 saturated heterocycles. The molecule has 0 saturated carbocycles. The molecular formula is C44H46F2N8O8. The first-order valence-electron chi connectivity index (χ1n) is 20.2. The van der Waals surface area contributed by atoms with Crippen LogP contribution in [0.1, 0.15) is 68.7 Å². The van der Waals surface area contributed by atoms with Gasteiger partial charge in [0.15, 0.2) is 11.1 Å². The maximum absolute atomic E-state index is 13.7. The smallest absolute Gasteiger partial charge is 0.322 e. The molecule has 6 heterocycles. The van der Waals surface area contributed by atoms with Gasteiger partial charge in [0.1, 0.15) is 25.6 Å². The number of alkyl halides is 2. The number of aryl methyl sites for hydroxylation is 2. The summed E-state index contributed by atoms with van der Waals surface area (Å²) in [4.78, 5) is 84.7. The van der Waals surface area contributed by atoms with E-state index in [4.69, 9.17) is 9.47 Å². The van der Waals surface area contributed by atoms with Crippen molar-refractivity contribution in [2.45, 2.75) is 62.8 Å². The van der Waals surface area contributed by atoms with Crippen LogP contribution < -0.4 is 30.7 Å². The summed E-state index contributed by atoms with van der Waals surface area (Å²) in [7, 11) is 0. The number of urea groups is 2. The van der Waals surface area contributed by atoms with E-state index in [0.717, 1.165) is 11.1 Å². The highest BCUT2D eigenvalue weighted by molar-refractivity contribution is 6.08. The van der Waals surface area contributed by atoms with Gasteiger partial charge >= 0.3 is 12.1 Å². The van der Waals surface area contributed by atoms with E-state index in [0.29, 0.717) is 74.7 Å². The maximum atomic E-state index is 13.7. The molecule has 324 valence electrons. The summed E-state index contributed by atoms with van der Waals surface area (Å²) in [6, 6.07) is 18.3. The minimum Gasteiger partial charge on any atom is -0.474 e. The van der Waals surface area contributed by atoms with E-state index in [-0.39, 0.29) is 35.1 Å². The Kier molecular flexibility index (Phi) is 12.7. The molecule has 18 heteroatoms. The summed E-state index contributed by atoms with van der Waals surface area (Å²) in [5.74, 6) is -0.625. The van der Waals surface area contributed by atoms with Crippen LogP contribution >= 0.6 is 0 Å². The lowest BCUT2D eigenvalue weighted by molar-refractivity contribution is -0.125. The minimum absolute atomic E-state index is 0.00413. The highest BCUT2D eigenvalue weighted by atomic mass is 19.1. The Morgan fingerprint density at radius 1 is 0.597 bits per heavy atom. The Morgan fingerprint density at radius 2 is 0.952 bits per heavy atom. The molecule has 16 nitrogen and oxygen atoms in total. The number of hydrogen-bond donors (Lipinski definition) is 4. The number of amides is 8. The zero-order valence-electron chi connectivity index (χ0n) is 34.1. The van der Waals surface area contributed by atoms with Crippen molar-refractivity contribution < 1.29 is 47.0 Å². The molecule has 8 amide bonds. The molecule has 62 heavy (non-hydrogen) atoms. The molecule has 8 rings (SSSR count). The molecule has 4 aliphatic rings. The third-order valence-corrected chi connectivity index (χ3v) is 11.3. The summed E-state index contributed by atoms with van der Waals surface area (Å²) in [5.41, 5.74) is 0.0557. The third-order valence-electron chi connectivity index (χ3n) is 11.3. The first kappa shape index (κ1) is 43.1. The number of pyridine rings is 2. The van der Waals surface area contributed by atoms with E-state index in [1.54, 1.807) is 46.5 Å². The van der Waals surface area contributed by atoms with Gasteiger partial charge in [0.2, 0.25) is 11.8 Å². The maximum Gasteiger partial charge on any atom is 0.322 e. The van der Waals surface area contributed by atoms with Crippen LogP contribution in [0.4, 0.5) is 18.4 Å². The number of piperidine rings is 2. The second-order valence-electron chi connectivity index (χ2n) is 15.6. The number of likely N-dealkylation sites (tertiary alicyclic amines) is 2. The fourth-order valence-electron chi connectivity index (χ4n) is 7.63. The fraction of sp³-hybridized carbons (Fsp3) is 0.364. The molecule has 4 N–H and O–H groups in total. The zero-order valence-corrected chi connectivity index (χ0v) is 34.1. The fourth-order valence-corrected chi connectivity index (χ4v) is 7.63. The Bertz CT molecular complexity index is 2140. The first-order valence-corrected chi connectivity index (χ1v) is 20.2. The van der Waals surface area contributed by atoms with Crippen LogP contribution in [0.2, 0.25) is 0 Å². The summed E-state index contributed by atoms with van der Waals surface area (Å²) in [6.45, 7) is 3.94. The van der Waals surface area contributed by atoms with Gasteiger partial charge in [-0.05, 0) is 60.4 Å². The minimum atomic E-state index is -1.75. The van der Waals surface area contributed by atoms with Gasteiger partial charge in [0.25, 0.3) is 23.6 Å². The number of aromatic nitrogens is 2. The van der Waals surface area contributed by atoms with Crippen molar-refractivity contribution >= 4 is 35.7 Å². The van der Waals surface area contributed by atoms with Crippen molar-refractivity contribution in [1.82, 2.24) is 41.0 Å². The number of carbonyl (C=O) groups is 6. The van der Waals surface area contributed by atoms with E-state index in [1.165, 1.54) is 24.3 Å². The highest BCUT2D eigenvalue weighted by Gasteiger charge is 2.49. The van der Waals surface area contributed by atoms with E-state index >= 15 is 0 Å². The van der Waals surface area contributed by atoms with Gasteiger partial charge in [0.05, 0.1) is 0 Å². The molecule has 4 aromatic rings. The lowest BCUT2D eigenvalue weighted by Gasteiger charge is -2.32. The molecule has 2 aromatic heterocycles. The number of rotatable bonds is 10. The lowest BCUT2D eigenvalue weighted by Crippen LogP contribution is -2.46. The van der Waals surface area contributed by atoms with E-state index in [9.17, 15) is 37.5 Å². The van der Waals surface area contributed by atoms with E-state index < -0.39 is 48.3 Å². The molecule has 0 aliphatic carbocycles. The van der Waals surface area contributed by atoms with Crippen LogP contribution in [0.5, 0.6) is 11.8 Å². The number of imide groups is 2. The van der Waals surface area contributed by atoms with Gasteiger partial charge in [0, 0.05) is 87.5 Å². The Morgan fingerprint density at radius 3 is 1.23 bits per heavy atom. The third kappa shape index (κ3) is 9.18. The van der Waals surface area contributed by atoms with Crippen LogP contribution in [0.25, 0.3) is 0 Å². The van der Waals surface area contributed by atoms with Crippen LogP contribution in [0.3, 0.4) is 0 Å². The van der Waals surface area contributed by atoms with Gasteiger partial charge in [-0.15, -0.1) is 0 Å². The normalized spacial score (nSPS) is 21.5. The van der Waals surface area contributed by atoms with Crippen LogP contribution in [0.15, 0.2) is 85.2 Å². The average Bonchev–Trinajstić information content (AvgIpc) is 3.77. The predicted molar refractivity (Wildman–Crippen MR) is 219 cm³/mol. The molecule has 4 fully saturated rings. The van der Waals surface area contributed by atoms with Crippen molar-refractivity contribution in [1.29, 1.82) is 0 Å². The number of carbonyl (C=O) groups excluding carboxylic acids is 6. The van der Waals surface area contributed by atoms with Crippen molar-refractivity contribution in [2.75, 3.05) is 39.5 Å². The van der Waals surface area contributed by atoms with Crippen LogP contribution in [0, 0.1) is 13.8 Å². The predicted octanol–water partition coefficient (Wildman–Crippen LogP) is 4.16. The van der Waals surface area contributed by atoms with Gasteiger partial charge in [-0.1, -0.05) is 36.4 Å². The number of nitrogens with zero attached hydrogens (tertiary/aromatic N) is 4. The second kappa shape index (κ2) is 18.3. The first-order chi connectivity index (χ1) is 29.8. The number of ether oxygens (including phenoxy) is 2. The van der Waals surface area contributed by atoms with E-state index in [1.807, 2.05) is 48.7 Å². The van der Waals surface area contributed by atoms with Gasteiger partial charge in [-0.2, -0.15) is 0 Å². The summed E-state index contributed by atoms with van der Waals surface area (Å²) < 4.78 is 39.1. The SMILES string of the molecule is Cc1ccc(OC2CCN(C(=O)c3ccc([C@@]4(CF)NC(=O)NC4=O)cc3)CC2)nc1.Cc1ccc(OC2CCN(C(=O)c3ccc([C@]4(CF)NC(=O)NC4=O)cc3)CC2)nc1. The molecule has 0 bridgehead atoms. The van der Waals surface area contributed by atoms with Gasteiger partial charge in [-0.25, -0.2) is 28.3 Å². The topological polar surface area (TPSA) is 201 Å². The quantitative estimate of drug-likeness (QED) is 0.168. The molecule has 0 unspecified atom stereocenters. The molecule has 2 aromatic carbocycles. The van der Waals surface area contributed by atoms with Gasteiger partial charge in [-0.3, -0.25) is 29.8 Å². The monoisotopic (exact) mass is 852 g/mol. The number of benzene rings is 2. The van der Waals surface area contributed by atoms with Gasteiger partial charge < -0.3 is 29.9 Å².